The predicted molar refractivity (Wildman–Crippen MR) is 65.9 cm³/mol. The number of rotatable bonds is 3. The van der Waals surface area contributed by atoms with Crippen LogP contribution in [0.5, 0.6) is 11.5 Å². The number of aromatic hydroxyl groups is 1. The minimum atomic E-state index is 0.0173. The first-order valence-electron chi connectivity index (χ1n) is 5.37. The third kappa shape index (κ3) is 2.18. The topological polar surface area (TPSA) is 84.2 Å². The number of nitrogen functional groups attached to an aromatic ring is 1. The van der Waals surface area contributed by atoms with Gasteiger partial charge in [0.15, 0.2) is 0 Å². The van der Waals surface area contributed by atoms with Gasteiger partial charge in [0.05, 0.1) is 23.4 Å². The molecule has 4 N–H and O–H groups in total. The molecule has 0 aliphatic heterocycles. The SMILES string of the molecule is CC(C)Oc1cccc(O)c1-c1cn[nH]c1N. The van der Waals surface area contributed by atoms with Crippen LogP contribution in [0.1, 0.15) is 13.8 Å². The molecule has 5 nitrogen and oxygen atoms in total. The number of nitrogens with one attached hydrogen (secondary N) is 1. The summed E-state index contributed by atoms with van der Waals surface area (Å²) in [6.07, 6.45) is 1.58. The quantitative estimate of drug-likeness (QED) is 0.758. The number of anilines is 1. The highest BCUT2D eigenvalue weighted by atomic mass is 16.5. The number of nitrogens with zero attached hydrogens (tertiary/aromatic N) is 1. The average Bonchev–Trinajstić information content (AvgIpc) is 2.64. The maximum atomic E-state index is 9.92. The highest BCUT2D eigenvalue weighted by Crippen LogP contribution is 2.39. The van der Waals surface area contributed by atoms with E-state index >= 15 is 0 Å². The minimum Gasteiger partial charge on any atom is -0.507 e. The van der Waals surface area contributed by atoms with Crippen LogP contribution in [0, 0.1) is 0 Å². The van der Waals surface area contributed by atoms with Gasteiger partial charge >= 0.3 is 0 Å². The first kappa shape index (κ1) is 11.3. The van der Waals surface area contributed by atoms with Crippen molar-refractivity contribution in [3.8, 4) is 22.6 Å². The molecule has 5 heteroatoms. The molecule has 0 atom stereocenters. The molecule has 0 amide bonds. The summed E-state index contributed by atoms with van der Waals surface area (Å²) < 4.78 is 5.65. The van der Waals surface area contributed by atoms with Gasteiger partial charge in [-0.25, -0.2) is 0 Å². The number of phenols is 1. The van der Waals surface area contributed by atoms with Gasteiger partial charge in [0.25, 0.3) is 0 Å². The molecular formula is C12H15N3O2. The molecule has 0 spiro atoms. The van der Waals surface area contributed by atoms with Gasteiger partial charge in [-0.3, -0.25) is 5.10 Å². The number of benzene rings is 1. The number of ether oxygens (including phenoxy) is 1. The van der Waals surface area contributed by atoms with E-state index in [0.29, 0.717) is 22.7 Å². The Hall–Kier alpha value is -2.17. The minimum absolute atomic E-state index is 0.0173. The molecule has 90 valence electrons. The lowest BCUT2D eigenvalue weighted by Crippen LogP contribution is -2.06. The second-order valence-corrected chi connectivity index (χ2v) is 4.01. The van der Waals surface area contributed by atoms with Gasteiger partial charge in [-0.05, 0) is 26.0 Å². The molecule has 2 rings (SSSR count). The summed E-state index contributed by atoms with van der Waals surface area (Å²) in [7, 11) is 0. The molecule has 0 saturated carbocycles. The Bertz CT molecular complexity index is 520. The van der Waals surface area contributed by atoms with Crippen molar-refractivity contribution in [1.82, 2.24) is 10.2 Å². The standard InChI is InChI=1S/C12H15N3O2/c1-7(2)17-10-5-3-4-9(16)11(10)8-6-14-15-12(8)13/h3-7,16H,1-2H3,(H3,13,14,15). The van der Waals surface area contributed by atoms with Gasteiger partial charge in [0.1, 0.15) is 17.3 Å². The largest absolute Gasteiger partial charge is 0.507 e. The molecule has 17 heavy (non-hydrogen) atoms. The van der Waals surface area contributed by atoms with Crippen molar-refractivity contribution in [3.05, 3.63) is 24.4 Å². The molecular weight excluding hydrogens is 218 g/mol. The number of hydrogen-bond donors (Lipinski definition) is 3. The van der Waals surface area contributed by atoms with Crippen LogP contribution < -0.4 is 10.5 Å². The Morgan fingerprint density at radius 3 is 2.76 bits per heavy atom. The Kier molecular flexibility index (Phi) is 2.91. The lowest BCUT2D eigenvalue weighted by molar-refractivity contribution is 0.242. The monoisotopic (exact) mass is 233 g/mol. The molecule has 0 saturated heterocycles. The summed E-state index contributed by atoms with van der Waals surface area (Å²) in [4.78, 5) is 0. The Labute approximate surface area is 99.2 Å². The van der Waals surface area contributed by atoms with Crippen molar-refractivity contribution in [2.45, 2.75) is 20.0 Å². The van der Waals surface area contributed by atoms with Gasteiger partial charge < -0.3 is 15.6 Å². The van der Waals surface area contributed by atoms with Crippen molar-refractivity contribution < 1.29 is 9.84 Å². The number of aromatic amines is 1. The Morgan fingerprint density at radius 2 is 2.18 bits per heavy atom. The highest BCUT2D eigenvalue weighted by Gasteiger charge is 2.16. The van der Waals surface area contributed by atoms with E-state index in [-0.39, 0.29) is 11.9 Å². The fraction of sp³-hybridized carbons (Fsp3) is 0.250. The predicted octanol–water partition coefficient (Wildman–Crippen LogP) is 2.15. The van der Waals surface area contributed by atoms with E-state index < -0.39 is 0 Å². The molecule has 1 heterocycles. The molecule has 1 aromatic carbocycles. The van der Waals surface area contributed by atoms with E-state index in [4.69, 9.17) is 10.5 Å². The third-order valence-electron chi connectivity index (χ3n) is 2.31. The zero-order chi connectivity index (χ0) is 12.4. The number of hydrogen-bond acceptors (Lipinski definition) is 4. The zero-order valence-corrected chi connectivity index (χ0v) is 9.77. The average molecular weight is 233 g/mol. The third-order valence-corrected chi connectivity index (χ3v) is 2.31. The fourth-order valence-electron chi connectivity index (χ4n) is 1.64. The normalized spacial score (nSPS) is 10.8. The summed E-state index contributed by atoms with van der Waals surface area (Å²) in [6, 6.07) is 5.11. The molecule has 0 aliphatic carbocycles. The van der Waals surface area contributed by atoms with Crippen LogP contribution in [-0.2, 0) is 0 Å². The maximum absolute atomic E-state index is 9.92. The number of aromatic nitrogens is 2. The van der Waals surface area contributed by atoms with E-state index in [1.54, 1.807) is 24.4 Å². The van der Waals surface area contributed by atoms with Crippen molar-refractivity contribution in [2.75, 3.05) is 5.73 Å². The van der Waals surface area contributed by atoms with Gasteiger partial charge in [-0.2, -0.15) is 5.10 Å². The van der Waals surface area contributed by atoms with Gasteiger partial charge in [-0.1, -0.05) is 6.07 Å². The van der Waals surface area contributed by atoms with Crippen LogP contribution in [0.2, 0.25) is 0 Å². The summed E-state index contributed by atoms with van der Waals surface area (Å²) in [5, 5.41) is 16.4. The summed E-state index contributed by atoms with van der Waals surface area (Å²) in [6.45, 7) is 3.85. The maximum Gasteiger partial charge on any atom is 0.131 e. The molecule has 0 unspecified atom stereocenters. The lowest BCUT2D eigenvalue weighted by Gasteiger charge is -2.14. The van der Waals surface area contributed by atoms with Gasteiger partial charge in [0.2, 0.25) is 0 Å². The summed E-state index contributed by atoms with van der Waals surface area (Å²) in [5.74, 6) is 1.12. The van der Waals surface area contributed by atoms with Gasteiger partial charge in [0, 0.05) is 0 Å². The van der Waals surface area contributed by atoms with Crippen molar-refractivity contribution in [3.63, 3.8) is 0 Å². The first-order valence-corrected chi connectivity index (χ1v) is 5.37. The molecule has 0 bridgehead atoms. The second-order valence-electron chi connectivity index (χ2n) is 4.01. The molecule has 1 aromatic heterocycles. The molecule has 0 fully saturated rings. The number of nitrogens with two attached hydrogens (primary N) is 1. The highest BCUT2D eigenvalue weighted by molar-refractivity contribution is 5.82. The van der Waals surface area contributed by atoms with Crippen LogP contribution in [0.15, 0.2) is 24.4 Å². The van der Waals surface area contributed by atoms with E-state index in [9.17, 15) is 5.11 Å². The Morgan fingerprint density at radius 1 is 1.41 bits per heavy atom. The van der Waals surface area contributed by atoms with E-state index in [0.717, 1.165) is 0 Å². The van der Waals surface area contributed by atoms with E-state index in [1.165, 1.54) is 0 Å². The van der Waals surface area contributed by atoms with E-state index in [1.807, 2.05) is 13.8 Å². The van der Waals surface area contributed by atoms with Crippen LogP contribution in [0.25, 0.3) is 11.1 Å². The zero-order valence-electron chi connectivity index (χ0n) is 9.77. The van der Waals surface area contributed by atoms with Crippen LogP contribution >= 0.6 is 0 Å². The van der Waals surface area contributed by atoms with Crippen molar-refractivity contribution >= 4 is 5.82 Å². The number of H-pyrrole nitrogens is 1. The molecule has 2 aromatic rings. The second kappa shape index (κ2) is 4.37. The number of phenolic OH excluding ortho intramolecular Hbond substituents is 1. The van der Waals surface area contributed by atoms with E-state index in [2.05, 4.69) is 10.2 Å². The summed E-state index contributed by atoms with van der Waals surface area (Å²) in [5.41, 5.74) is 6.96. The first-order chi connectivity index (χ1) is 8.09. The fourth-order valence-corrected chi connectivity index (χ4v) is 1.64. The molecule has 0 aliphatic rings. The Balaban J connectivity index is 2.55. The van der Waals surface area contributed by atoms with Crippen LogP contribution in [0.3, 0.4) is 0 Å². The van der Waals surface area contributed by atoms with Gasteiger partial charge in [-0.15, -0.1) is 0 Å². The summed E-state index contributed by atoms with van der Waals surface area (Å²) >= 11 is 0. The molecule has 0 radical (unpaired) electrons. The van der Waals surface area contributed by atoms with Crippen LogP contribution in [-0.4, -0.2) is 21.4 Å². The van der Waals surface area contributed by atoms with Crippen molar-refractivity contribution in [1.29, 1.82) is 0 Å². The van der Waals surface area contributed by atoms with Crippen LogP contribution in [0.4, 0.5) is 5.82 Å². The smallest absolute Gasteiger partial charge is 0.131 e. The van der Waals surface area contributed by atoms with Crippen molar-refractivity contribution in [2.24, 2.45) is 0 Å². The lowest BCUT2D eigenvalue weighted by atomic mass is 10.1.